The van der Waals surface area contributed by atoms with Gasteiger partial charge in [0, 0.05) is 25.6 Å². The number of nitrogens with zero attached hydrogens (tertiary/aromatic N) is 1. The highest BCUT2D eigenvalue weighted by Crippen LogP contribution is 2.00. The van der Waals surface area contributed by atoms with Crippen molar-refractivity contribution in [2.24, 2.45) is 17.6 Å². The Morgan fingerprint density at radius 3 is 2.44 bits per heavy atom. The van der Waals surface area contributed by atoms with E-state index in [1.807, 2.05) is 0 Å². The Hall–Kier alpha value is -0.190. The van der Waals surface area contributed by atoms with E-state index in [2.05, 4.69) is 32.7 Å². The second kappa shape index (κ2) is 8.90. The van der Waals surface area contributed by atoms with Crippen molar-refractivity contribution in [2.75, 3.05) is 33.4 Å². The van der Waals surface area contributed by atoms with Crippen molar-refractivity contribution in [1.29, 1.82) is 0 Å². The predicted molar refractivity (Wildman–Crippen MR) is 73.7 cm³/mol. The molecule has 0 aliphatic rings. The van der Waals surface area contributed by atoms with Gasteiger partial charge < -0.3 is 15.4 Å². The van der Waals surface area contributed by atoms with Crippen LogP contribution in [-0.4, -0.2) is 43.2 Å². The number of nitrogens with two attached hydrogens (primary N) is 1. The number of thiocarbonyl (C=S) groups is 1. The van der Waals surface area contributed by atoms with Crippen LogP contribution in [0.15, 0.2) is 0 Å². The Labute approximate surface area is 105 Å². The minimum Gasteiger partial charge on any atom is -0.393 e. The van der Waals surface area contributed by atoms with Gasteiger partial charge in [0.15, 0.2) is 0 Å². The molecule has 2 N–H and O–H groups in total. The summed E-state index contributed by atoms with van der Waals surface area (Å²) in [5, 5.41) is 0. The Balaban J connectivity index is 3.43. The Bertz CT molecular complexity index is 197. The van der Waals surface area contributed by atoms with E-state index >= 15 is 0 Å². The second-order valence-corrected chi connectivity index (χ2v) is 5.33. The maximum absolute atomic E-state index is 5.57. The molecule has 0 heterocycles. The van der Waals surface area contributed by atoms with E-state index < -0.39 is 0 Å². The molecule has 0 rings (SSSR count). The highest BCUT2D eigenvalue weighted by molar-refractivity contribution is 7.80. The zero-order valence-corrected chi connectivity index (χ0v) is 11.8. The molecule has 3 nitrogen and oxygen atoms in total. The van der Waals surface area contributed by atoms with Gasteiger partial charge in [-0.2, -0.15) is 0 Å². The van der Waals surface area contributed by atoms with Crippen LogP contribution in [0.3, 0.4) is 0 Å². The first-order chi connectivity index (χ1) is 7.43. The lowest BCUT2D eigenvalue weighted by atomic mass is 10.1. The number of hydrogen-bond donors (Lipinski definition) is 1. The van der Waals surface area contributed by atoms with Crippen molar-refractivity contribution in [2.45, 2.75) is 27.2 Å². The van der Waals surface area contributed by atoms with Gasteiger partial charge in [0.1, 0.15) is 0 Å². The van der Waals surface area contributed by atoms with E-state index in [4.69, 9.17) is 22.7 Å². The van der Waals surface area contributed by atoms with E-state index in [1.54, 1.807) is 0 Å². The van der Waals surface area contributed by atoms with Crippen LogP contribution < -0.4 is 5.73 Å². The third kappa shape index (κ3) is 9.07. The van der Waals surface area contributed by atoms with E-state index in [0.717, 1.165) is 32.7 Å². The molecule has 0 amide bonds. The van der Waals surface area contributed by atoms with Gasteiger partial charge in [-0.1, -0.05) is 33.0 Å². The number of ether oxygens (including phenoxy) is 1. The van der Waals surface area contributed by atoms with E-state index in [9.17, 15) is 0 Å². The number of likely N-dealkylation sites (N-methyl/N-ethyl adjacent to an activating group) is 1. The number of hydrogen-bond acceptors (Lipinski definition) is 3. The molecule has 0 bridgehead atoms. The van der Waals surface area contributed by atoms with Crippen molar-refractivity contribution in [3.63, 3.8) is 0 Å². The summed E-state index contributed by atoms with van der Waals surface area (Å²) in [4.78, 5) is 2.80. The fourth-order valence-corrected chi connectivity index (χ4v) is 1.36. The smallest absolute Gasteiger partial charge is 0.0768 e. The van der Waals surface area contributed by atoms with E-state index in [-0.39, 0.29) is 5.92 Å². The van der Waals surface area contributed by atoms with Crippen molar-refractivity contribution in [3.8, 4) is 0 Å². The maximum Gasteiger partial charge on any atom is 0.0768 e. The van der Waals surface area contributed by atoms with Crippen molar-refractivity contribution < 1.29 is 4.74 Å². The molecule has 0 radical (unpaired) electrons. The molecular formula is C12H26N2OS. The van der Waals surface area contributed by atoms with Gasteiger partial charge in [-0.05, 0) is 19.4 Å². The average molecular weight is 246 g/mol. The highest BCUT2D eigenvalue weighted by atomic mass is 32.1. The first kappa shape index (κ1) is 15.8. The summed E-state index contributed by atoms with van der Waals surface area (Å²) >= 11 is 4.94. The van der Waals surface area contributed by atoms with Crippen molar-refractivity contribution >= 4 is 17.2 Å². The lowest BCUT2D eigenvalue weighted by molar-refractivity contribution is 0.102. The summed E-state index contributed by atoms with van der Waals surface area (Å²) in [6, 6.07) is 0. The molecule has 0 saturated carbocycles. The summed E-state index contributed by atoms with van der Waals surface area (Å²) in [6.07, 6.45) is 1.13. The fourth-order valence-electron chi connectivity index (χ4n) is 1.29. The van der Waals surface area contributed by atoms with Gasteiger partial charge in [0.05, 0.1) is 11.6 Å². The van der Waals surface area contributed by atoms with Gasteiger partial charge in [-0.3, -0.25) is 0 Å². The van der Waals surface area contributed by atoms with Crippen LogP contribution in [0.25, 0.3) is 0 Å². The molecule has 0 fully saturated rings. The minimum absolute atomic E-state index is 0.274. The molecule has 0 aromatic carbocycles. The first-order valence-electron chi connectivity index (χ1n) is 5.99. The second-order valence-electron chi connectivity index (χ2n) is 4.86. The van der Waals surface area contributed by atoms with Gasteiger partial charge in [0.25, 0.3) is 0 Å². The van der Waals surface area contributed by atoms with Crippen molar-refractivity contribution in [1.82, 2.24) is 4.90 Å². The van der Waals surface area contributed by atoms with Crippen LogP contribution in [-0.2, 0) is 4.74 Å². The molecule has 1 unspecified atom stereocenters. The minimum atomic E-state index is 0.274. The van der Waals surface area contributed by atoms with Gasteiger partial charge in [-0.25, -0.2) is 0 Å². The summed E-state index contributed by atoms with van der Waals surface area (Å²) in [7, 11) is 2.07. The fraction of sp³-hybridized carbons (Fsp3) is 0.917. The molecule has 0 aliphatic heterocycles. The van der Waals surface area contributed by atoms with Crippen LogP contribution in [0.2, 0.25) is 0 Å². The Morgan fingerprint density at radius 1 is 1.31 bits per heavy atom. The Kier molecular flexibility index (Phi) is 8.80. The molecule has 1 atom stereocenters. The first-order valence-corrected chi connectivity index (χ1v) is 6.40. The quantitative estimate of drug-likeness (QED) is 0.498. The Morgan fingerprint density at radius 2 is 1.94 bits per heavy atom. The number of rotatable bonds is 9. The van der Waals surface area contributed by atoms with Crippen LogP contribution in [0, 0.1) is 11.8 Å². The molecule has 0 aromatic heterocycles. The molecule has 4 heteroatoms. The van der Waals surface area contributed by atoms with Gasteiger partial charge >= 0.3 is 0 Å². The average Bonchev–Trinajstić information content (AvgIpc) is 2.16. The van der Waals surface area contributed by atoms with Crippen LogP contribution in [0.5, 0.6) is 0 Å². The SMILES string of the molecule is CC(C)CCOCCN(C)CC(C)C(N)=S. The van der Waals surface area contributed by atoms with Crippen molar-refractivity contribution in [3.05, 3.63) is 0 Å². The van der Waals surface area contributed by atoms with Gasteiger partial charge in [-0.15, -0.1) is 0 Å². The third-order valence-electron chi connectivity index (χ3n) is 2.53. The normalized spacial score (nSPS) is 13.4. The maximum atomic E-state index is 5.57. The standard InChI is InChI=1S/C12H26N2OS/c1-10(2)5-7-15-8-6-14(4)9-11(3)12(13)16/h10-11H,5-9H2,1-4H3,(H2,13,16). The predicted octanol–water partition coefficient (Wildman–Crippen LogP) is 1.90. The molecular weight excluding hydrogens is 220 g/mol. The summed E-state index contributed by atoms with van der Waals surface area (Å²) in [5.41, 5.74) is 5.57. The third-order valence-corrected chi connectivity index (χ3v) is 2.93. The highest BCUT2D eigenvalue weighted by Gasteiger charge is 2.08. The van der Waals surface area contributed by atoms with Crippen LogP contribution in [0.1, 0.15) is 27.2 Å². The monoisotopic (exact) mass is 246 g/mol. The lowest BCUT2D eigenvalue weighted by Gasteiger charge is -2.20. The van der Waals surface area contributed by atoms with E-state index in [1.165, 1.54) is 0 Å². The zero-order chi connectivity index (χ0) is 12.6. The molecule has 16 heavy (non-hydrogen) atoms. The largest absolute Gasteiger partial charge is 0.393 e. The molecule has 0 aliphatic carbocycles. The lowest BCUT2D eigenvalue weighted by Crippen LogP contribution is -2.33. The molecule has 0 aromatic rings. The van der Waals surface area contributed by atoms with Crippen LogP contribution in [0.4, 0.5) is 0 Å². The summed E-state index contributed by atoms with van der Waals surface area (Å²) in [5.74, 6) is 0.989. The topological polar surface area (TPSA) is 38.5 Å². The van der Waals surface area contributed by atoms with E-state index in [0.29, 0.717) is 10.9 Å². The summed E-state index contributed by atoms with van der Waals surface area (Å²) in [6.45, 7) is 9.95. The zero-order valence-electron chi connectivity index (χ0n) is 11.0. The molecule has 96 valence electrons. The molecule has 0 spiro atoms. The summed E-state index contributed by atoms with van der Waals surface area (Å²) < 4.78 is 5.55. The molecule has 0 saturated heterocycles. The van der Waals surface area contributed by atoms with Crippen LogP contribution >= 0.6 is 12.2 Å². The van der Waals surface area contributed by atoms with Gasteiger partial charge in [0.2, 0.25) is 0 Å².